The Hall–Kier alpha value is -0.700. The summed E-state index contributed by atoms with van der Waals surface area (Å²) < 4.78 is 7.27. The average molecular weight is 424 g/mol. The van der Waals surface area contributed by atoms with Gasteiger partial charge in [-0.25, -0.2) is 0 Å². The molecule has 0 aliphatic rings. The molecule has 2 aromatic heterocycles. The molecule has 0 radical (unpaired) electrons. The first-order valence-corrected chi connectivity index (χ1v) is 8.35. The lowest BCUT2D eigenvalue weighted by Crippen LogP contribution is -2.21. The van der Waals surface area contributed by atoms with Crippen LogP contribution < -0.4 is 5.32 Å². The van der Waals surface area contributed by atoms with Crippen LogP contribution in [-0.2, 0) is 0 Å². The van der Waals surface area contributed by atoms with E-state index in [1.54, 1.807) is 17.4 Å². The van der Waals surface area contributed by atoms with Crippen LogP contribution in [0.5, 0.6) is 0 Å². The molecule has 1 atom stereocenters. The van der Waals surface area contributed by atoms with Crippen molar-refractivity contribution in [3.8, 4) is 0 Å². The van der Waals surface area contributed by atoms with E-state index in [1.165, 1.54) is 6.07 Å². The summed E-state index contributed by atoms with van der Waals surface area (Å²) in [5.41, 5.74) is 0. The minimum atomic E-state index is -0.527. The van der Waals surface area contributed by atoms with Gasteiger partial charge < -0.3 is 9.73 Å². The summed E-state index contributed by atoms with van der Waals surface area (Å²) in [5.74, 6) is 0.310. The molecule has 5 nitrogen and oxygen atoms in total. The van der Waals surface area contributed by atoms with Crippen molar-refractivity contribution in [1.29, 1.82) is 0 Å². The van der Waals surface area contributed by atoms with Crippen LogP contribution in [-0.4, -0.2) is 11.5 Å². The second-order valence-corrected chi connectivity index (χ2v) is 7.35. The quantitative estimate of drug-likeness (QED) is 0.531. The predicted octanol–water partition coefficient (Wildman–Crippen LogP) is 4.86. The van der Waals surface area contributed by atoms with Gasteiger partial charge in [0.05, 0.1) is 9.85 Å². The molecule has 1 N–H and O–H groups in total. The SMILES string of the molecule is CCCNC(c1ccc([N+](=O)[O-])o1)c1cc(Br)c(Br)s1. The third kappa shape index (κ3) is 3.49. The number of rotatable bonds is 6. The van der Waals surface area contributed by atoms with Gasteiger partial charge in [0.2, 0.25) is 0 Å². The topological polar surface area (TPSA) is 68.3 Å². The van der Waals surface area contributed by atoms with Crippen molar-refractivity contribution >= 4 is 49.1 Å². The van der Waals surface area contributed by atoms with Gasteiger partial charge in [-0.1, -0.05) is 6.92 Å². The van der Waals surface area contributed by atoms with E-state index in [1.807, 2.05) is 6.07 Å². The maximum absolute atomic E-state index is 10.7. The molecule has 1 unspecified atom stereocenters. The van der Waals surface area contributed by atoms with Crippen molar-refractivity contribution in [1.82, 2.24) is 5.32 Å². The molecule has 2 aromatic rings. The fourth-order valence-electron chi connectivity index (χ4n) is 1.73. The van der Waals surface area contributed by atoms with Crippen LogP contribution in [0.4, 0.5) is 5.88 Å². The molecule has 0 spiro atoms. The number of nitrogens with one attached hydrogen (secondary N) is 1. The molecule has 0 saturated heterocycles. The first kappa shape index (κ1) is 15.7. The average Bonchev–Trinajstić information content (AvgIpc) is 2.99. The van der Waals surface area contributed by atoms with E-state index in [4.69, 9.17) is 4.42 Å². The summed E-state index contributed by atoms with van der Waals surface area (Å²) in [6.07, 6.45) is 0.965. The molecule has 108 valence electrons. The van der Waals surface area contributed by atoms with Crippen LogP contribution >= 0.6 is 43.2 Å². The lowest BCUT2D eigenvalue weighted by molar-refractivity contribution is -0.402. The van der Waals surface area contributed by atoms with Gasteiger partial charge >= 0.3 is 5.88 Å². The van der Waals surface area contributed by atoms with Crippen LogP contribution in [0.2, 0.25) is 0 Å². The van der Waals surface area contributed by atoms with Crippen LogP contribution in [0.1, 0.15) is 30.0 Å². The maximum Gasteiger partial charge on any atom is 0.433 e. The van der Waals surface area contributed by atoms with E-state index in [2.05, 4.69) is 44.1 Å². The van der Waals surface area contributed by atoms with Gasteiger partial charge in [0.1, 0.15) is 16.7 Å². The van der Waals surface area contributed by atoms with Crippen molar-refractivity contribution in [3.05, 3.63) is 47.2 Å². The normalized spacial score (nSPS) is 12.6. The van der Waals surface area contributed by atoms with Gasteiger partial charge in [0.15, 0.2) is 0 Å². The van der Waals surface area contributed by atoms with E-state index in [9.17, 15) is 10.1 Å². The molecule has 0 bridgehead atoms. The number of thiophene rings is 1. The Morgan fingerprint density at radius 3 is 2.75 bits per heavy atom. The molecule has 8 heteroatoms. The van der Waals surface area contributed by atoms with Gasteiger partial charge in [-0.05, 0) is 57.0 Å². The fourth-order valence-corrected chi connectivity index (χ4v) is 3.90. The summed E-state index contributed by atoms with van der Waals surface area (Å²) in [6.45, 7) is 2.86. The highest BCUT2D eigenvalue weighted by molar-refractivity contribution is 9.13. The predicted molar refractivity (Wildman–Crippen MR) is 85.2 cm³/mol. The fraction of sp³-hybridized carbons (Fsp3) is 0.333. The molecule has 0 aromatic carbocycles. The van der Waals surface area contributed by atoms with Crippen molar-refractivity contribution in [2.75, 3.05) is 6.54 Å². The zero-order valence-corrected chi connectivity index (χ0v) is 14.5. The van der Waals surface area contributed by atoms with Crippen LogP contribution in [0, 0.1) is 10.1 Å². The van der Waals surface area contributed by atoms with E-state index < -0.39 is 4.92 Å². The third-order valence-corrected chi connectivity index (χ3v) is 5.95. The molecule has 20 heavy (non-hydrogen) atoms. The Morgan fingerprint density at radius 1 is 1.50 bits per heavy atom. The number of nitro groups is 1. The Labute approximate surface area is 136 Å². The molecule has 0 saturated carbocycles. The van der Waals surface area contributed by atoms with Crippen molar-refractivity contribution in [2.45, 2.75) is 19.4 Å². The van der Waals surface area contributed by atoms with E-state index in [0.717, 1.165) is 26.1 Å². The highest BCUT2D eigenvalue weighted by Gasteiger charge is 2.23. The van der Waals surface area contributed by atoms with Crippen LogP contribution in [0.25, 0.3) is 0 Å². The minimum absolute atomic E-state index is 0.184. The molecule has 0 amide bonds. The number of hydrogen-bond donors (Lipinski definition) is 1. The zero-order chi connectivity index (χ0) is 14.7. The van der Waals surface area contributed by atoms with Crippen LogP contribution in [0.15, 0.2) is 30.9 Å². The molecular weight excluding hydrogens is 412 g/mol. The Morgan fingerprint density at radius 2 is 2.25 bits per heavy atom. The summed E-state index contributed by atoms with van der Waals surface area (Å²) in [7, 11) is 0. The highest BCUT2D eigenvalue weighted by atomic mass is 79.9. The molecule has 0 aliphatic carbocycles. The third-order valence-electron chi connectivity index (χ3n) is 2.62. The summed E-state index contributed by atoms with van der Waals surface area (Å²) in [6, 6.07) is 4.83. The van der Waals surface area contributed by atoms with E-state index >= 15 is 0 Å². The monoisotopic (exact) mass is 422 g/mol. The first-order chi connectivity index (χ1) is 9.52. The van der Waals surface area contributed by atoms with E-state index in [0.29, 0.717) is 5.76 Å². The second-order valence-electron chi connectivity index (χ2n) is 4.09. The molecule has 0 aliphatic heterocycles. The van der Waals surface area contributed by atoms with Crippen molar-refractivity contribution in [3.63, 3.8) is 0 Å². The Kier molecular flexibility index (Phi) is 5.36. The van der Waals surface area contributed by atoms with Gasteiger partial charge in [0, 0.05) is 9.35 Å². The summed E-state index contributed by atoms with van der Waals surface area (Å²) in [5, 5.41) is 14.1. The lowest BCUT2D eigenvalue weighted by atomic mass is 10.2. The van der Waals surface area contributed by atoms with Gasteiger partial charge in [-0.2, -0.15) is 0 Å². The van der Waals surface area contributed by atoms with Gasteiger partial charge in [-0.15, -0.1) is 11.3 Å². The lowest BCUT2D eigenvalue weighted by Gasteiger charge is -2.14. The highest BCUT2D eigenvalue weighted by Crippen LogP contribution is 2.38. The van der Waals surface area contributed by atoms with Crippen molar-refractivity contribution < 1.29 is 9.34 Å². The summed E-state index contributed by atoms with van der Waals surface area (Å²) >= 11 is 8.47. The smallest absolute Gasteiger partial charge is 0.404 e. The number of nitrogens with zero attached hydrogens (tertiary/aromatic N) is 1. The molecule has 2 heterocycles. The van der Waals surface area contributed by atoms with E-state index in [-0.39, 0.29) is 11.9 Å². The zero-order valence-electron chi connectivity index (χ0n) is 10.6. The number of hydrogen-bond acceptors (Lipinski definition) is 5. The van der Waals surface area contributed by atoms with Crippen LogP contribution in [0.3, 0.4) is 0 Å². The largest absolute Gasteiger partial charge is 0.433 e. The Bertz CT molecular complexity index is 592. The maximum atomic E-state index is 10.7. The standard InChI is InChI=1S/C12H12Br2N2O3S/c1-2-5-15-11(9-6-7(13)12(14)20-9)8-3-4-10(19-8)16(17)18/h3-4,6,11,15H,2,5H2,1H3. The minimum Gasteiger partial charge on any atom is -0.404 e. The van der Waals surface area contributed by atoms with Crippen molar-refractivity contribution in [2.24, 2.45) is 0 Å². The first-order valence-electron chi connectivity index (χ1n) is 5.95. The molecule has 0 fully saturated rings. The second kappa shape index (κ2) is 6.84. The molecule has 2 rings (SSSR count). The number of halogens is 2. The summed E-state index contributed by atoms with van der Waals surface area (Å²) in [4.78, 5) is 11.2. The Balaban J connectivity index is 2.33. The number of furan rings is 1. The molecular formula is C12H12Br2N2O3S. The van der Waals surface area contributed by atoms with Gasteiger partial charge in [-0.3, -0.25) is 10.1 Å². The van der Waals surface area contributed by atoms with Gasteiger partial charge in [0.25, 0.3) is 0 Å².